The molecule has 2 nitrogen and oxygen atoms in total. The zero-order chi connectivity index (χ0) is 12.1. The molecular formula is C14H21FN2. The van der Waals surface area contributed by atoms with Crippen molar-refractivity contribution in [1.29, 1.82) is 0 Å². The number of aryl methyl sites for hydroxylation is 1. The third kappa shape index (κ3) is 3.51. The van der Waals surface area contributed by atoms with Gasteiger partial charge in [-0.05, 0) is 56.8 Å². The quantitative estimate of drug-likeness (QED) is 0.851. The summed E-state index contributed by atoms with van der Waals surface area (Å²) in [6.07, 6.45) is 5.38. The minimum atomic E-state index is -0.0951. The van der Waals surface area contributed by atoms with Gasteiger partial charge in [0.2, 0.25) is 0 Å². The van der Waals surface area contributed by atoms with E-state index in [2.05, 4.69) is 4.90 Å². The van der Waals surface area contributed by atoms with E-state index in [1.54, 1.807) is 6.07 Å². The van der Waals surface area contributed by atoms with Gasteiger partial charge in [0, 0.05) is 0 Å². The highest BCUT2D eigenvalue weighted by atomic mass is 19.1. The lowest BCUT2D eigenvalue weighted by atomic mass is 10.1. The SMILES string of the molecule is N[C@@H](CCCc1ccccc1F)N1CCCC1. The summed E-state index contributed by atoms with van der Waals surface area (Å²) in [4.78, 5) is 2.33. The van der Waals surface area contributed by atoms with Crippen molar-refractivity contribution in [2.45, 2.75) is 38.3 Å². The van der Waals surface area contributed by atoms with Crippen LogP contribution in [0.25, 0.3) is 0 Å². The number of benzene rings is 1. The Kier molecular flexibility index (Phi) is 4.51. The highest BCUT2D eigenvalue weighted by molar-refractivity contribution is 5.17. The van der Waals surface area contributed by atoms with Gasteiger partial charge in [0.25, 0.3) is 0 Å². The molecule has 0 aliphatic carbocycles. The zero-order valence-corrected chi connectivity index (χ0v) is 10.2. The summed E-state index contributed by atoms with van der Waals surface area (Å²) in [7, 11) is 0. The Bertz CT molecular complexity index is 348. The summed E-state index contributed by atoms with van der Waals surface area (Å²) in [5.41, 5.74) is 6.92. The summed E-state index contributed by atoms with van der Waals surface area (Å²) in [6, 6.07) is 7.00. The minimum Gasteiger partial charge on any atom is -0.316 e. The largest absolute Gasteiger partial charge is 0.316 e. The summed E-state index contributed by atoms with van der Waals surface area (Å²) in [5.74, 6) is -0.0951. The average molecular weight is 236 g/mol. The number of hydrogen-bond donors (Lipinski definition) is 1. The van der Waals surface area contributed by atoms with Gasteiger partial charge in [0.1, 0.15) is 5.82 Å². The fourth-order valence-corrected chi connectivity index (χ4v) is 2.46. The molecule has 0 saturated carbocycles. The van der Waals surface area contributed by atoms with Crippen LogP contribution in [0.2, 0.25) is 0 Å². The van der Waals surface area contributed by atoms with Crippen LogP contribution in [0.4, 0.5) is 4.39 Å². The van der Waals surface area contributed by atoms with Crippen LogP contribution in [0.5, 0.6) is 0 Å². The normalized spacial score (nSPS) is 18.5. The number of likely N-dealkylation sites (tertiary alicyclic amines) is 1. The smallest absolute Gasteiger partial charge is 0.126 e. The van der Waals surface area contributed by atoms with Crippen LogP contribution in [-0.4, -0.2) is 24.2 Å². The molecule has 0 unspecified atom stereocenters. The van der Waals surface area contributed by atoms with Crippen LogP contribution in [0, 0.1) is 5.82 Å². The van der Waals surface area contributed by atoms with Crippen molar-refractivity contribution in [2.24, 2.45) is 5.73 Å². The van der Waals surface area contributed by atoms with Crippen LogP contribution < -0.4 is 5.73 Å². The topological polar surface area (TPSA) is 29.3 Å². The molecule has 94 valence electrons. The number of hydrogen-bond acceptors (Lipinski definition) is 2. The Labute approximate surface area is 103 Å². The molecule has 0 radical (unpaired) electrons. The molecule has 1 fully saturated rings. The van der Waals surface area contributed by atoms with E-state index in [9.17, 15) is 4.39 Å². The monoisotopic (exact) mass is 236 g/mol. The van der Waals surface area contributed by atoms with Crippen molar-refractivity contribution in [3.63, 3.8) is 0 Å². The molecule has 0 aromatic heterocycles. The standard InChI is InChI=1S/C14H21FN2/c15-13-8-2-1-6-12(13)7-5-9-14(16)17-10-3-4-11-17/h1-2,6,8,14H,3-5,7,9-11,16H2/t14-/m1/s1. The molecule has 1 aliphatic rings. The van der Waals surface area contributed by atoms with Gasteiger partial charge in [-0.2, -0.15) is 0 Å². The molecule has 1 aliphatic heterocycles. The molecule has 1 aromatic carbocycles. The second-order valence-electron chi connectivity index (χ2n) is 4.79. The second kappa shape index (κ2) is 6.12. The fourth-order valence-electron chi connectivity index (χ4n) is 2.46. The first-order valence-electron chi connectivity index (χ1n) is 6.50. The number of rotatable bonds is 5. The maximum Gasteiger partial charge on any atom is 0.126 e. The van der Waals surface area contributed by atoms with E-state index in [-0.39, 0.29) is 12.0 Å². The van der Waals surface area contributed by atoms with E-state index in [0.29, 0.717) is 0 Å². The van der Waals surface area contributed by atoms with Gasteiger partial charge in [0.05, 0.1) is 6.17 Å². The molecule has 2 rings (SSSR count). The zero-order valence-electron chi connectivity index (χ0n) is 10.2. The Morgan fingerprint density at radius 3 is 2.65 bits per heavy atom. The minimum absolute atomic E-state index is 0.0951. The Hall–Kier alpha value is -0.930. The molecule has 1 atom stereocenters. The van der Waals surface area contributed by atoms with Gasteiger partial charge >= 0.3 is 0 Å². The number of halogens is 1. The molecule has 2 N–H and O–H groups in total. The van der Waals surface area contributed by atoms with Crippen molar-refractivity contribution >= 4 is 0 Å². The summed E-state index contributed by atoms with van der Waals surface area (Å²) in [5, 5.41) is 0. The van der Waals surface area contributed by atoms with E-state index in [1.807, 2.05) is 12.1 Å². The average Bonchev–Trinajstić information content (AvgIpc) is 2.85. The van der Waals surface area contributed by atoms with Gasteiger partial charge < -0.3 is 5.73 Å². The van der Waals surface area contributed by atoms with Gasteiger partial charge in [-0.25, -0.2) is 4.39 Å². The maximum atomic E-state index is 13.4. The third-order valence-corrected chi connectivity index (χ3v) is 3.51. The lowest BCUT2D eigenvalue weighted by Crippen LogP contribution is -2.39. The van der Waals surface area contributed by atoms with E-state index >= 15 is 0 Å². The van der Waals surface area contributed by atoms with E-state index in [4.69, 9.17) is 5.73 Å². The highest BCUT2D eigenvalue weighted by Gasteiger charge is 2.17. The van der Waals surface area contributed by atoms with Crippen LogP contribution in [0.15, 0.2) is 24.3 Å². The second-order valence-corrected chi connectivity index (χ2v) is 4.79. The maximum absolute atomic E-state index is 13.4. The van der Waals surface area contributed by atoms with Crippen molar-refractivity contribution < 1.29 is 4.39 Å². The Balaban J connectivity index is 1.74. The molecular weight excluding hydrogens is 215 g/mol. The van der Waals surface area contributed by atoms with Crippen molar-refractivity contribution in [3.05, 3.63) is 35.6 Å². The van der Waals surface area contributed by atoms with Crippen molar-refractivity contribution in [3.8, 4) is 0 Å². The lowest BCUT2D eigenvalue weighted by molar-refractivity contribution is 0.232. The molecule has 1 aromatic rings. The fraction of sp³-hybridized carbons (Fsp3) is 0.571. The van der Waals surface area contributed by atoms with Gasteiger partial charge in [-0.1, -0.05) is 18.2 Å². The molecule has 0 bridgehead atoms. The predicted octanol–water partition coefficient (Wildman–Crippen LogP) is 2.53. The third-order valence-electron chi connectivity index (χ3n) is 3.51. The number of nitrogens with zero attached hydrogens (tertiary/aromatic N) is 1. The number of nitrogens with two attached hydrogens (primary N) is 1. The Morgan fingerprint density at radius 1 is 1.24 bits per heavy atom. The van der Waals surface area contributed by atoms with E-state index < -0.39 is 0 Å². The lowest BCUT2D eigenvalue weighted by Gasteiger charge is -2.23. The van der Waals surface area contributed by atoms with Gasteiger partial charge in [0.15, 0.2) is 0 Å². The van der Waals surface area contributed by atoms with Crippen molar-refractivity contribution in [1.82, 2.24) is 4.90 Å². The summed E-state index contributed by atoms with van der Waals surface area (Å²) < 4.78 is 13.4. The molecule has 1 saturated heterocycles. The molecule has 0 amide bonds. The first-order valence-corrected chi connectivity index (χ1v) is 6.50. The molecule has 0 spiro atoms. The van der Waals surface area contributed by atoms with E-state index in [0.717, 1.165) is 37.9 Å². The first kappa shape index (κ1) is 12.5. The Morgan fingerprint density at radius 2 is 1.94 bits per heavy atom. The highest BCUT2D eigenvalue weighted by Crippen LogP contribution is 2.14. The van der Waals surface area contributed by atoms with Gasteiger partial charge in [-0.3, -0.25) is 4.90 Å². The van der Waals surface area contributed by atoms with E-state index in [1.165, 1.54) is 18.9 Å². The predicted molar refractivity (Wildman–Crippen MR) is 68.1 cm³/mol. The molecule has 17 heavy (non-hydrogen) atoms. The summed E-state index contributed by atoms with van der Waals surface area (Å²) >= 11 is 0. The van der Waals surface area contributed by atoms with Crippen molar-refractivity contribution in [2.75, 3.05) is 13.1 Å². The molecule has 1 heterocycles. The van der Waals surface area contributed by atoms with Crippen LogP contribution in [0.1, 0.15) is 31.2 Å². The summed E-state index contributed by atoms with van der Waals surface area (Å²) in [6.45, 7) is 2.25. The van der Waals surface area contributed by atoms with Crippen LogP contribution >= 0.6 is 0 Å². The molecule has 3 heteroatoms. The van der Waals surface area contributed by atoms with Crippen LogP contribution in [-0.2, 0) is 6.42 Å². The van der Waals surface area contributed by atoms with Crippen LogP contribution in [0.3, 0.4) is 0 Å². The first-order chi connectivity index (χ1) is 8.27. The van der Waals surface area contributed by atoms with Gasteiger partial charge in [-0.15, -0.1) is 0 Å².